The van der Waals surface area contributed by atoms with E-state index >= 15 is 0 Å². The van der Waals surface area contributed by atoms with E-state index in [0.29, 0.717) is 25.0 Å². The number of hydrogen-bond acceptors (Lipinski definition) is 4. The van der Waals surface area contributed by atoms with Crippen LogP contribution >= 0.6 is 0 Å². The lowest BCUT2D eigenvalue weighted by molar-refractivity contribution is 0.113. The number of likely N-dealkylation sites (tertiary alicyclic amines) is 2. The van der Waals surface area contributed by atoms with Gasteiger partial charge in [-0.15, -0.1) is 0 Å². The van der Waals surface area contributed by atoms with Crippen molar-refractivity contribution in [2.45, 2.75) is 32.1 Å². The molecule has 2 saturated heterocycles. The maximum atomic E-state index is 9.12. The Balaban J connectivity index is 1.53. The van der Waals surface area contributed by atoms with Crippen molar-refractivity contribution in [3.8, 4) is 0 Å². The van der Waals surface area contributed by atoms with Gasteiger partial charge in [-0.25, -0.2) is 0 Å². The van der Waals surface area contributed by atoms with Gasteiger partial charge in [0.05, 0.1) is 0 Å². The van der Waals surface area contributed by atoms with Crippen molar-refractivity contribution in [1.29, 1.82) is 0 Å². The predicted octanol–water partition coefficient (Wildman–Crippen LogP) is 0.785. The monoisotopic (exact) mass is 270 g/mol. The number of hydrogen-bond donors (Lipinski definition) is 2. The zero-order valence-electron chi connectivity index (χ0n) is 12.1. The Morgan fingerprint density at radius 1 is 0.684 bits per heavy atom. The second-order valence-electron chi connectivity index (χ2n) is 6.29. The van der Waals surface area contributed by atoms with Crippen LogP contribution in [0.5, 0.6) is 0 Å². The SMILES string of the molecule is OCC1CCN(CCCN2CCC(CO)CC2)CC1. The highest BCUT2D eigenvalue weighted by atomic mass is 16.3. The summed E-state index contributed by atoms with van der Waals surface area (Å²) in [5.41, 5.74) is 0. The van der Waals surface area contributed by atoms with Crippen LogP contribution in [-0.2, 0) is 0 Å². The van der Waals surface area contributed by atoms with Crippen molar-refractivity contribution in [2.75, 3.05) is 52.5 Å². The number of rotatable bonds is 6. The number of aliphatic hydroxyl groups is 2. The average molecular weight is 270 g/mol. The molecule has 0 aromatic heterocycles. The fourth-order valence-electron chi connectivity index (χ4n) is 3.30. The van der Waals surface area contributed by atoms with E-state index in [1.54, 1.807) is 0 Å². The molecule has 0 bridgehead atoms. The quantitative estimate of drug-likeness (QED) is 0.749. The maximum absolute atomic E-state index is 9.12. The molecule has 2 heterocycles. The summed E-state index contributed by atoms with van der Waals surface area (Å²) in [5, 5.41) is 18.2. The van der Waals surface area contributed by atoms with Crippen molar-refractivity contribution in [3.05, 3.63) is 0 Å². The summed E-state index contributed by atoms with van der Waals surface area (Å²) in [7, 11) is 0. The highest BCUT2D eigenvalue weighted by Gasteiger charge is 2.20. The topological polar surface area (TPSA) is 46.9 Å². The molecule has 0 saturated carbocycles. The molecule has 0 aromatic rings. The summed E-state index contributed by atoms with van der Waals surface area (Å²) in [4.78, 5) is 5.10. The Kier molecular flexibility index (Phi) is 6.57. The van der Waals surface area contributed by atoms with Gasteiger partial charge < -0.3 is 20.0 Å². The summed E-state index contributed by atoms with van der Waals surface area (Å²) in [6, 6.07) is 0. The van der Waals surface area contributed by atoms with E-state index in [1.807, 2.05) is 0 Å². The summed E-state index contributed by atoms with van der Waals surface area (Å²) in [6.07, 6.45) is 5.92. The van der Waals surface area contributed by atoms with Crippen molar-refractivity contribution >= 4 is 0 Å². The van der Waals surface area contributed by atoms with E-state index in [9.17, 15) is 0 Å². The van der Waals surface area contributed by atoms with E-state index in [-0.39, 0.29) is 0 Å². The van der Waals surface area contributed by atoms with E-state index < -0.39 is 0 Å². The summed E-state index contributed by atoms with van der Waals surface area (Å²) < 4.78 is 0. The van der Waals surface area contributed by atoms with Crippen LogP contribution in [0.3, 0.4) is 0 Å². The Morgan fingerprint density at radius 3 is 1.37 bits per heavy atom. The molecule has 4 nitrogen and oxygen atoms in total. The first kappa shape index (κ1) is 15.2. The van der Waals surface area contributed by atoms with Crippen LogP contribution in [-0.4, -0.2) is 72.5 Å². The van der Waals surface area contributed by atoms with E-state index in [2.05, 4.69) is 9.80 Å². The van der Waals surface area contributed by atoms with Gasteiger partial charge in [-0.1, -0.05) is 0 Å². The highest BCUT2D eigenvalue weighted by Crippen LogP contribution is 2.18. The highest BCUT2D eigenvalue weighted by molar-refractivity contribution is 4.74. The van der Waals surface area contributed by atoms with E-state index in [1.165, 1.54) is 45.2 Å². The standard InChI is InChI=1S/C15H30N2O2/c18-12-14-2-8-16(9-3-14)6-1-7-17-10-4-15(13-19)5-11-17/h14-15,18-19H,1-13H2. The van der Waals surface area contributed by atoms with Gasteiger partial charge in [0.1, 0.15) is 0 Å². The molecule has 2 rings (SSSR count). The maximum Gasteiger partial charge on any atom is 0.0460 e. The van der Waals surface area contributed by atoms with Crippen LogP contribution in [0.2, 0.25) is 0 Å². The van der Waals surface area contributed by atoms with Gasteiger partial charge in [-0.3, -0.25) is 0 Å². The van der Waals surface area contributed by atoms with Gasteiger partial charge in [-0.05, 0) is 83.2 Å². The molecule has 0 aliphatic carbocycles. The van der Waals surface area contributed by atoms with Gasteiger partial charge in [0.25, 0.3) is 0 Å². The first-order valence-corrected chi connectivity index (χ1v) is 7.98. The van der Waals surface area contributed by atoms with Gasteiger partial charge in [0.2, 0.25) is 0 Å². The molecule has 4 heteroatoms. The molecule has 0 spiro atoms. The molecular weight excluding hydrogens is 240 g/mol. The Hall–Kier alpha value is -0.160. The van der Waals surface area contributed by atoms with Crippen LogP contribution in [0.15, 0.2) is 0 Å². The lowest BCUT2D eigenvalue weighted by Gasteiger charge is -2.33. The molecule has 2 aliphatic heterocycles. The Labute approximate surface area is 117 Å². The first-order valence-electron chi connectivity index (χ1n) is 7.98. The second-order valence-corrected chi connectivity index (χ2v) is 6.29. The zero-order chi connectivity index (χ0) is 13.5. The van der Waals surface area contributed by atoms with Crippen molar-refractivity contribution < 1.29 is 10.2 Å². The minimum absolute atomic E-state index is 0.369. The molecule has 2 aliphatic rings. The van der Waals surface area contributed by atoms with Crippen molar-refractivity contribution in [3.63, 3.8) is 0 Å². The van der Waals surface area contributed by atoms with Crippen LogP contribution in [0.4, 0.5) is 0 Å². The van der Waals surface area contributed by atoms with E-state index in [4.69, 9.17) is 10.2 Å². The molecule has 19 heavy (non-hydrogen) atoms. The fourth-order valence-corrected chi connectivity index (χ4v) is 3.30. The molecule has 112 valence electrons. The summed E-state index contributed by atoms with van der Waals surface area (Å²) in [6.45, 7) is 7.81. The second kappa shape index (κ2) is 8.20. The number of piperidine rings is 2. The largest absolute Gasteiger partial charge is 0.396 e. The number of aliphatic hydroxyl groups excluding tert-OH is 2. The zero-order valence-corrected chi connectivity index (χ0v) is 12.1. The third-order valence-electron chi connectivity index (χ3n) is 4.88. The van der Waals surface area contributed by atoms with Crippen LogP contribution in [0.1, 0.15) is 32.1 Å². The Bertz CT molecular complexity index is 210. The lowest BCUT2D eigenvalue weighted by atomic mass is 9.97. The molecule has 0 amide bonds. The molecule has 0 aromatic carbocycles. The molecule has 0 radical (unpaired) electrons. The lowest BCUT2D eigenvalue weighted by Crippen LogP contribution is -2.39. The molecule has 2 N–H and O–H groups in total. The third kappa shape index (κ3) is 5.03. The van der Waals surface area contributed by atoms with Crippen LogP contribution < -0.4 is 0 Å². The van der Waals surface area contributed by atoms with Gasteiger partial charge in [-0.2, -0.15) is 0 Å². The van der Waals surface area contributed by atoms with Gasteiger partial charge in [0.15, 0.2) is 0 Å². The number of nitrogens with zero attached hydrogens (tertiary/aromatic N) is 2. The first-order chi connectivity index (χ1) is 9.31. The average Bonchev–Trinajstić information content (AvgIpc) is 2.49. The minimum atomic E-state index is 0.369. The van der Waals surface area contributed by atoms with Crippen molar-refractivity contribution in [2.24, 2.45) is 11.8 Å². The third-order valence-corrected chi connectivity index (χ3v) is 4.88. The molecule has 0 unspecified atom stereocenters. The Morgan fingerprint density at radius 2 is 1.05 bits per heavy atom. The van der Waals surface area contributed by atoms with Gasteiger partial charge >= 0.3 is 0 Å². The molecule has 2 fully saturated rings. The fraction of sp³-hybridized carbons (Fsp3) is 1.00. The summed E-state index contributed by atoms with van der Waals surface area (Å²) >= 11 is 0. The summed E-state index contributed by atoms with van der Waals surface area (Å²) in [5.74, 6) is 1.10. The predicted molar refractivity (Wildman–Crippen MR) is 77.1 cm³/mol. The normalized spacial score (nSPS) is 24.9. The minimum Gasteiger partial charge on any atom is -0.396 e. The molecule has 0 atom stereocenters. The van der Waals surface area contributed by atoms with E-state index in [0.717, 1.165) is 26.2 Å². The molecular formula is C15H30N2O2. The van der Waals surface area contributed by atoms with Crippen molar-refractivity contribution in [1.82, 2.24) is 9.80 Å². The smallest absolute Gasteiger partial charge is 0.0460 e. The van der Waals surface area contributed by atoms with Crippen LogP contribution in [0, 0.1) is 11.8 Å². The van der Waals surface area contributed by atoms with Crippen LogP contribution in [0.25, 0.3) is 0 Å². The van der Waals surface area contributed by atoms with Gasteiger partial charge in [0, 0.05) is 13.2 Å².